The summed E-state index contributed by atoms with van der Waals surface area (Å²) in [7, 11) is 0. The molecule has 1 amide bonds. The molecule has 1 aromatic carbocycles. The van der Waals surface area contributed by atoms with Gasteiger partial charge in [-0.2, -0.15) is 0 Å². The maximum Gasteiger partial charge on any atom is 0.320 e. The van der Waals surface area contributed by atoms with Gasteiger partial charge in [-0.15, -0.1) is 0 Å². The average Bonchev–Trinajstić information content (AvgIpc) is 3.15. The molecule has 14 heteroatoms. The van der Waals surface area contributed by atoms with Crippen LogP contribution >= 0.6 is 0 Å². The fourth-order valence-electron chi connectivity index (χ4n) is 10.2. The van der Waals surface area contributed by atoms with Gasteiger partial charge >= 0.3 is 17.9 Å². The molecule has 1 heterocycles. The van der Waals surface area contributed by atoms with Crippen molar-refractivity contribution in [3.63, 3.8) is 0 Å². The number of pyridine rings is 1. The predicted octanol–water partition coefficient (Wildman–Crippen LogP) is 8.72. The smallest absolute Gasteiger partial charge is 0.320 e. The second-order valence-electron chi connectivity index (χ2n) is 25.1. The summed E-state index contributed by atoms with van der Waals surface area (Å²) < 4.78 is 17.6. The molecule has 0 aliphatic heterocycles. The highest BCUT2D eigenvalue weighted by Crippen LogP contribution is 2.34. The quantitative estimate of drug-likeness (QED) is 0.109. The molecule has 0 saturated heterocycles. The molecule has 14 nitrogen and oxygen atoms in total. The van der Waals surface area contributed by atoms with Crippen LogP contribution in [0.15, 0.2) is 29.1 Å². The van der Waals surface area contributed by atoms with Crippen LogP contribution in [-0.4, -0.2) is 142 Å². The number of rotatable bonds is 18. The standard InChI is InChI=1S/C54H90N6O8/c1-37-29-45(61)56-40-30-38(25-26-39(37)40)55-46(62)31-57(42-22-18-20-24-44(42)60(35-50(2,3)4)36-51(5,6)7)27-28-58(32-47(63)66-52(8,9)10)41-21-17-19-23-43(41)59(33-48(64)67-53(11,12)13)34-49(65)68-54(14,15)16/h25-26,29-30,41-44H,17-24,27-28,31-36H2,1-16H3,(H,55,62)(H,56,61)/t41?,42-,43+,44-/m0/s1. The summed E-state index contributed by atoms with van der Waals surface area (Å²) >= 11 is 0. The zero-order valence-electron chi connectivity index (χ0n) is 45.0. The monoisotopic (exact) mass is 951 g/mol. The molecule has 0 bridgehead atoms. The number of hydrogen-bond acceptors (Lipinski definition) is 12. The van der Waals surface area contributed by atoms with Crippen LogP contribution in [0.4, 0.5) is 5.69 Å². The highest BCUT2D eigenvalue weighted by Gasteiger charge is 2.41. The summed E-state index contributed by atoms with van der Waals surface area (Å²) in [5.41, 5.74) is -0.175. The molecule has 4 rings (SSSR count). The van der Waals surface area contributed by atoms with Crippen molar-refractivity contribution in [1.29, 1.82) is 0 Å². The Hall–Kier alpha value is -3.85. The number of aromatic nitrogens is 1. The Kier molecular flexibility index (Phi) is 19.5. The largest absolute Gasteiger partial charge is 0.459 e. The highest BCUT2D eigenvalue weighted by molar-refractivity contribution is 5.95. The number of anilines is 1. The van der Waals surface area contributed by atoms with Gasteiger partial charge in [0.25, 0.3) is 0 Å². The third-order valence-corrected chi connectivity index (χ3v) is 12.2. The van der Waals surface area contributed by atoms with E-state index in [2.05, 4.69) is 66.5 Å². The Morgan fingerprint density at radius 3 is 1.35 bits per heavy atom. The van der Waals surface area contributed by atoms with Gasteiger partial charge in [0.1, 0.15) is 16.8 Å². The summed E-state index contributed by atoms with van der Waals surface area (Å²) in [4.78, 5) is 80.1. The van der Waals surface area contributed by atoms with Crippen LogP contribution in [0.25, 0.3) is 10.9 Å². The molecule has 1 aromatic heterocycles. The number of ether oxygens (including phenoxy) is 3. The molecule has 2 aliphatic rings. The van der Waals surface area contributed by atoms with Crippen LogP contribution in [-0.2, 0) is 33.4 Å². The van der Waals surface area contributed by atoms with Crippen LogP contribution in [0, 0.1) is 17.8 Å². The normalized spacial score (nSPS) is 20.0. The first-order valence-corrected chi connectivity index (χ1v) is 25.3. The Morgan fingerprint density at radius 2 is 0.941 bits per heavy atom. The second kappa shape index (κ2) is 23.4. The Balaban J connectivity index is 1.78. The molecule has 1 unspecified atom stereocenters. The van der Waals surface area contributed by atoms with Crippen LogP contribution in [0.2, 0.25) is 0 Å². The molecule has 0 radical (unpaired) electrons. The average molecular weight is 951 g/mol. The van der Waals surface area contributed by atoms with E-state index in [0.29, 0.717) is 30.7 Å². The lowest BCUT2D eigenvalue weighted by Crippen LogP contribution is -2.60. The molecule has 2 saturated carbocycles. The van der Waals surface area contributed by atoms with E-state index >= 15 is 0 Å². The number of aromatic amines is 1. The van der Waals surface area contributed by atoms with Gasteiger partial charge in [0.2, 0.25) is 11.5 Å². The number of nitrogens with zero attached hydrogens (tertiary/aromatic N) is 4. The van der Waals surface area contributed by atoms with Crippen molar-refractivity contribution in [3.05, 3.63) is 40.2 Å². The third kappa shape index (κ3) is 19.5. The number of benzene rings is 1. The summed E-state index contributed by atoms with van der Waals surface area (Å²) in [5.74, 6) is -1.41. The molecule has 2 N–H and O–H groups in total. The van der Waals surface area contributed by atoms with Crippen molar-refractivity contribution in [2.24, 2.45) is 10.8 Å². The first-order chi connectivity index (χ1) is 31.2. The van der Waals surface area contributed by atoms with E-state index in [1.807, 2.05) is 92.3 Å². The lowest BCUT2D eigenvalue weighted by atomic mass is 9.84. The number of carbonyl (C=O) groups is 4. The predicted molar refractivity (Wildman–Crippen MR) is 273 cm³/mol. The number of esters is 3. The lowest BCUT2D eigenvalue weighted by molar-refractivity contribution is -0.164. The van der Waals surface area contributed by atoms with E-state index < -0.39 is 28.7 Å². The molecule has 0 spiro atoms. The lowest BCUT2D eigenvalue weighted by Gasteiger charge is -2.49. The molecule has 384 valence electrons. The van der Waals surface area contributed by atoms with Gasteiger partial charge in [0.15, 0.2) is 0 Å². The van der Waals surface area contributed by atoms with E-state index in [-0.39, 0.29) is 78.6 Å². The first kappa shape index (κ1) is 56.7. The maximum atomic E-state index is 14.5. The summed E-state index contributed by atoms with van der Waals surface area (Å²) in [6, 6.07) is 6.88. The first-order valence-electron chi connectivity index (χ1n) is 25.3. The topological polar surface area (TPSA) is 154 Å². The fourth-order valence-corrected chi connectivity index (χ4v) is 10.2. The zero-order valence-corrected chi connectivity index (χ0v) is 45.0. The number of fused-ring (bicyclic) bond motifs is 1. The van der Waals surface area contributed by atoms with Gasteiger partial charge < -0.3 is 24.5 Å². The van der Waals surface area contributed by atoms with E-state index in [1.165, 1.54) is 0 Å². The highest BCUT2D eigenvalue weighted by atomic mass is 16.6. The minimum Gasteiger partial charge on any atom is -0.459 e. The van der Waals surface area contributed by atoms with Crippen molar-refractivity contribution in [3.8, 4) is 0 Å². The van der Waals surface area contributed by atoms with Gasteiger partial charge in [0, 0.05) is 67.5 Å². The van der Waals surface area contributed by atoms with Gasteiger partial charge in [0.05, 0.1) is 31.7 Å². The van der Waals surface area contributed by atoms with E-state index in [4.69, 9.17) is 14.2 Å². The summed E-state index contributed by atoms with van der Waals surface area (Å²) in [6.07, 6.45) is 7.26. The van der Waals surface area contributed by atoms with Crippen molar-refractivity contribution in [2.75, 3.05) is 57.7 Å². The number of hydrogen-bond donors (Lipinski definition) is 2. The van der Waals surface area contributed by atoms with E-state index in [0.717, 1.165) is 69.0 Å². The zero-order chi connectivity index (χ0) is 51.0. The van der Waals surface area contributed by atoms with Crippen LogP contribution in [0.3, 0.4) is 0 Å². The van der Waals surface area contributed by atoms with Gasteiger partial charge in [-0.1, -0.05) is 73.3 Å². The molecule has 68 heavy (non-hydrogen) atoms. The van der Waals surface area contributed by atoms with Gasteiger partial charge in [-0.05, 0) is 123 Å². The number of carbonyl (C=O) groups excluding carboxylic acids is 4. The molecule has 4 atom stereocenters. The van der Waals surface area contributed by atoms with E-state index in [9.17, 15) is 24.0 Å². The van der Waals surface area contributed by atoms with Crippen molar-refractivity contribution in [2.45, 2.75) is 203 Å². The summed E-state index contributed by atoms with van der Waals surface area (Å²) in [5, 5.41) is 4.08. The Bertz CT molecular complexity index is 2020. The van der Waals surface area contributed by atoms with Crippen molar-refractivity contribution >= 4 is 40.4 Å². The maximum absolute atomic E-state index is 14.5. The Labute approximate surface area is 408 Å². The van der Waals surface area contributed by atoms with Crippen LogP contribution in [0.1, 0.15) is 161 Å². The SMILES string of the molecule is Cc1cc(=O)[nH]c2cc(NC(=O)CN(CCN(CC(=O)OC(C)(C)C)C3CCCC[C@H]3N(CC(=O)OC(C)(C)C)CC(=O)OC(C)(C)C)[C@H]3CCCC[C@@H]3N(CC(C)(C)C)CC(C)(C)C)ccc12. The Morgan fingerprint density at radius 1 is 0.559 bits per heavy atom. The number of H-pyrrole nitrogens is 1. The summed E-state index contributed by atoms with van der Waals surface area (Å²) in [6.45, 7) is 34.7. The van der Waals surface area contributed by atoms with E-state index in [1.54, 1.807) is 6.07 Å². The van der Waals surface area contributed by atoms with Crippen LogP contribution in [0.5, 0.6) is 0 Å². The molecular formula is C54H90N6O8. The minimum absolute atomic E-state index is 0.00579. The molecule has 2 aromatic rings. The number of nitrogens with one attached hydrogen (secondary N) is 2. The number of amides is 1. The van der Waals surface area contributed by atoms with Gasteiger partial charge in [-0.3, -0.25) is 43.6 Å². The molecule has 2 aliphatic carbocycles. The number of aryl methyl sites for hydroxylation is 1. The molecule has 2 fully saturated rings. The third-order valence-electron chi connectivity index (χ3n) is 12.2. The van der Waals surface area contributed by atoms with Crippen molar-refractivity contribution in [1.82, 2.24) is 24.6 Å². The minimum atomic E-state index is -0.725. The van der Waals surface area contributed by atoms with Crippen molar-refractivity contribution < 1.29 is 33.4 Å². The van der Waals surface area contributed by atoms with Crippen LogP contribution < -0.4 is 10.9 Å². The fraction of sp³-hybridized carbons (Fsp3) is 0.759. The van der Waals surface area contributed by atoms with Gasteiger partial charge in [-0.25, -0.2) is 0 Å². The molecular weight excluding hydrogens is 861 g/mol. The second-order valence-corrected chi connectivity index (χ2v) is 25.1.